The van der Waals surface area contributed by atoms with E-state index in [0.29, 0.717) is 12.6 Å². The molecule has 1 aromatic carbocycles. The van der Waals surface area contributed by atoms with E-state index >= 15 is 0 Å². The van der Waals surface area contributed by atoms with Crippen molar-refractivity contribution in [2.75, 3.05) is 0 Å². The van der Waals surface area contributed by atoms with E-state index in [1.54, 1.807) is 0 Å². The van der Waals surface area contributed by atoms with E-state index in [-0.39, 0.29) is 11.8 Å². The molecule has 0 spiro atoms. The second kappa shape index (κ2) is 8.04. The zero-order valence-corrected chi connectivity index (χ0v) is 14.2. The lowest BCUT2D eigenvalue weighted by Crippen LogP contribution is -2.30. The van der Waals surface area contributed by atoms with Crippen molar-refractivity contribution >= 4 is 5.91 Å². The second-order valence-electron chi connectivity index (χ2n) is 6.42. The van der Waals surface area contributed by atoms with Gasteiger partial charge in [-0.2, -0.15) is 0 Å². The molecule has 0 radical (unpaired) electrons. The van der Waals surface area contributed by atoms with Crippen LogP contribution in [0.1, 0.15) is 68.8 Å². The van der Waals surface area contributed by atoms with Crippen molar-refractivity contribution in [1.29, 1.82) is 0 Å². The van der Waals surface area contributed by atoms with Gasteiger partial charge in [-0.25, -0.2) is 4.68 Å². The molecule has 6 nitrogen and oxygen atoms in total. The number of carbonyl (C=O) groups is 1. The first-order chi connectivity index (χ1) is 11.8. The van der Waals surface area contributed by atoms with Crippen LogP contribution < -0.4 is 5.32 Å². The number of nitrogens with one attached hydrogen (secondary N) is 1. The third-order valence-electron chi connectivity index (χ3n) is 4.83. The van der Waals surface area contributed by atoms with Gasteiger partial charge in [0.1, 0.15) is 0 Å². The Morgan fingerprint density at radius 1 is 1.25 bits per heavy atom. The van der Waals surface area contributed by atoms with Gasteiger partial charge in [0.15, 0.2) is 5.82 Å². The Kier molecular flexibility index (Phi) is 5.56. The Morgan fingerprint density at radius 2 is 2.00 bits per heavy atom. The second-order valence-corrected chi connectivity index (χ2v) is 6.42. The van der Waals surface area contributed by atoms with Gasteiger partial charge < -0.3 is 5.32 Å². The lowest BCUT2D eigenvalue weighted by molar-refractivity contribution is -0.122. The van der Waals surface area contributed by atoms with E-state index in [4.69, 9.17) is 0 Å². The summed E-state index contributed by atoms with van der Waals surface area (Å²) < 4.78 is 1.91. The maximum Gasteiger partial charge on any atom is 0.227 e. The van der Waals surface area contributed by atoms with Gasteiger partial charge in [0.2, 0.25) is 5.91 Å². The maximum atomic E-state index is 12.6. The molecule has 1 N–H and O–H groups in total. The number of hydrogen-bond acceptors (Lipinski definition) is 4. The molecule has 6 heteroatoms. The van der Waals surface area contributed by atoms with E-state index in [2.05, 4.69) is 20.8 Å². The van der Waals surface area contributed by atoms with Crippen LogP contribution in [0.25, 0.3) is 0 Å². The van der Waals surface area contributed by atoms with Gasteiger partial charge in [-0.3, -0.25) is 4.79 Å². The minimum atomic E-state index is -0.134. The average molecular weight is 327 g/mol. The molecule has 1 aromatic heterocycles. The fourth-order valence-electron chi connectivity index (χ4n) is 3.49. The van der Waals surface area contributed by atoms with E-state index in [1.165, 1.54) is 19.3 Å². The van der Waals surface area contributed by atoms with E-state index in [0.717, 1.165) is 30.7 Å². The molecule has 0 bridgehead atoms. The third-order valence-corrected chi connectivity index (χ3v) is 4.83. The minimum absolute atomic E-state index is 0.0295. The monoisotopic (exact) mass is 327 g/mol. The van der Waals surface area contributed by atoms with Gasteiger partial charge >= 0.3 is 0 Å². The molecule has 1 fully saturated rings. The Labute approximate surface area is 142 Å². The van der Waals surface area contributed by atoms with Crippen LogP contribution in [0.15, 0.2) is 30.3 Å². The van der Waals surface area contributed by atoms with Crippen molar-refractivity contribution in [2.24, 2.45) is 0 Å². The normalized spacial score (nSPS) is 16.7. The lowest BCUT2D eigenvalue weighted by atomic mass is 9.95. The molecule has 0 aliphatic heterocycles. The van der Waals surface area contributed by atoms with Crippen LogP contribution in [-0.4, -0.2) is 26.1 Å². The highest BCUT2D eigenvalue weighted by atomic mass is 16.1. The van der Waals surface area contributed by atoms with Gasteiger partial charge in [0.05, 0.1) is 18.5 Å². The van der Waals surface area contributed by atoms with E-state index in [1.807, 2.05) is 41.9 Å². The first-order valence-electron chi connectivity index (χ1n) is 8.89. The summed E-state index contributed by atoms with van der Waals surface area (Å²) in [4.78, 5) is 12.6. The molecular formula is C18H25N5O. The molecule has 24 heavy (non-hydrogen) atoms. The molecule has 1 heterocycles. The van der Waals surface area contributed by atoms with Gasteiger partial charge in [0, 0.05) is 0 Å². The number of tetrazole rings is 1. The largest absolute Gasteiger partial charge is 0.348 e. The fraction of sp³-hybridized carbons (Fsp3) is 0.556. The van der Waals surface area contributed by atoms with E-state index < -0.39 is 0 Å². The van der Waals surface area contributed by atoms with Crippen molar-refractivity contribution < 1.29 is 4.79 Å². The van der Waals surface area contributed by atoms with Crippen LogP contribution in [0.3, 0.4) is 0 Å². The standard InChI is InChI=1S/C18H25N5O/c1-2-16(14-9-5-3-6-10-14)18(24)19-13-17-20-21-22-23(17)15-11-7-4-8-12-15/h3,5-6,9-10,15-16H,2,4,7-8,11-13H2,1H3,(H,19,24). The molecule has 1 saturated carbocycles. The molecule has 1 unspecified atom stereocenters. The van der Waals surface area contributed by atoms with Crippen molar-refractivity contribution in [2.45, 2.75) is 64.0 Å². The van der Waals surface area contributed by atoms with Gasteiger partial charge in [-0.05, 0) is 35.3 Å². The Hall–Kier alpha value is -2.24. The van der Waals surface area contributed by atoms with Crippen molar-refractivity contribution in [3.8, 4) is 0 Å². The number of rotatable bonds is 6. The van der Waals surface area contributed by atoms with Crippen molar-refractivity contribution in [3.05, 3.63) is 41.7 Å². The number of amides is 1. The molecular weight excluding hydrogens is 302 g/mol. The molecule has 1 aliphatic rings. The predicted octanol–water partition coefficient (Wildman–Crippen LogP) is 2.99. The quantitative estimate of drug-likeness (QED) is 0.885. The summed E-state index contributed by atoms with van der Waals surface area (Å²) in [5.41, 5.74) is 1.05. The first kappa shape index (κ1) is 16.6. The van der Waals surface area contributed by atoms with Crippen LogP contribution in [0.4, 0.5) is 0 Å². The van der Waals surface area contributed by atoms with Crippen molar-refractivity contribution in [3.63, 3.8) is 0 Å². The Bertz CT molecular complexity index is 648. The van der Waals surface area contributed by atoms with Crippen LogP contribution >= 0.6 is 0 Å². The Balaban J connectivity index is 1.63. The summed E-state index contributed by atoms with van der Waals surface area (Å²) in [6.07, 6.45) is 6.75. The number of carbonyl (C=O) groups excluding carboxylic acids is 1. The predicted molar refractivity (Wildman–Crippen MR) is 91.3 cm³/mol. The van der Waals surface area contributed by atoms with Gasteiger partial charge in [-0.1, -0.05) is 56.5 Å². The topological polar surface area (TPSA) is 72.7 Å². The minimum Gasteiger partial charge on any atom is -0.348 e. The highest BCUT2D eigenvalue weighted by Gasteiger charge is 2.22. The molecule has 1 atom stereocenters. The summed E-state index contributed by atoms with van der Waals surface area (Å²) in [6, 6.07) is 10.3. The van der Waals surface area contributed by atoms with Crippen LogP contribution in [-0.2, 0) is 11.3 Å². The molecule has 128 valence electrons. The van der Waals surface area contributed by atoms with Crippen molar-refractivity contribution in [1.82, 2.24) is 25.5 Å². The molecule has 1 aliphatic carbocycles. The number of hydrogen-bond donors (Lipinski definition) is 1. The summed E-state index contributed by atoms with van der Waals surface area (Å²) in [5, 5.41) is 15.1. The van der Waals surface area contributed by atoms with E-state index in [9.17, 15) is 4.79 Å². The summed E-state index contributed by atoms with van der Waals surface area (Å²) in [7, 11) is 0. The maximum absolute atomic E-state index is 12.6. The molecule has 2 aromatic rings. The molecule has 3 rings (SSSR count). The highest BCUT2D eigenvalue weighted by molar-refractivity contribution is 5.83. The smallest absolute Gasteiger partial charge is 0.227 e. The Morgan fingerprint density at radius 3 is 2.71 bits per heavy atom. The zero-order valence-electron chi connectivity index (χ0n) is 14.2. The zero-order chi connectivity index (χ0) is 16.8. The first-order valence-corrected chi connectivity index (χ1v) is 8.89. The number of benzene rings is 1. The molecule has 0 saturated heterocycles. The van der Waals surface area contributed by atoms with Crippen LogP contribution in [0, 0.1) is 0 Å². The average Bonchev–Trinajstić information content (AvgIpc) is 3.11. The van der Waals surface area contributed by atoms with Gasteiger partial charge in [0.25, 0.3) is 0 Å². The fourth-order valence-corrected chi connectivity index (χ4v) is 3.49. The SMILES string of the molecule is CCC(C(=O)NCc1nnnn1C1CCCCC1)c1ccccc1. The number of nitrogens with zero attached hydrogens (tertiary/aromatic N) is 4. The van der Waals surface area contributed by atoms with Crippen LogP contribution in [0.5, 0.6) is 0 Å². The molecule has 1 amide bonds. The number of aromatic nitrogens is 4. The van der Waals surface area contributed by atoms with Crippen LogP contribution in [0.2, 0.25) is 0 Å². The summed E-state index contributed by atoms with van der Waals surface area (Å²) >= 11 is 0. The summed E-state index contributed by atoms with van der Waals surface area (Å²) in [6.45, 7) is 2.41. The highest BCUT2D eigenvalue weighted by Crippen LogP contribution is 2.27. The van der Waals surface area contributed by atoms with Gasteiger partial charge in [-0.15, -0.1) is 5.10 Å². The summed E-state index contributed by atoms with van der Waals surface area (Å²) in [5.74, 6) is 0.644. The third kappa shape index (κ3) is 3.80. The lowest BCUT2D eigenvalue weighted by Gasteiger charge is -2.22.